The van der Waals surface area contributed by atoms with Gasteiger partial charge in [-0.15, -0.1) is 0 Å². The summed E-state index contributed by atoms with van der Waals surface area (Å²) in [4.78, 5) is 0. The predicted octanol–water partition coefficient (Wildman–Crippen LogP) is 3.71. The quantitative estimate of drug-likeness (QED) is 0.750. The monoisotopic (exact) mass is 262 g/mol. The van der Waals surface area contributed by atoms with Crippen molar-refractivity contribution >= 4 is 10.9 Å². The molecule has 1 aromatic heterocycles. The number of benzene rings is 2. The maximum atomic E-state index is 5.77. The highest BCUT2D eigenvalue weighted by Gasteiger charge is 2.16. The van der Waals surface area contributed by atoms with Crippen LogP contribution in [0.3, 0.4) is 0 Å². The van der Waals surface area contributed by atoms with E-state index in [1.165, 1.54) is 46.0 Å². The van der Waals surface area contributed by atoms with Crippen LogP contribution < -0.4 is 5.73 Å². The molecule has 4 rings (SSSR count). The van der Waals surface area contributed by atoms with Crippen molar-refractivity contribution < 1.29 is 0 Å². The van der Waals surface area contributed by atoms with Crippen LogP contribution in [0.5, 0.6) is 0 Å². The van der Waals surface area contributed by atoms with Gasteiger partial charge >= 0.3 is 0 Å². The molecule has 0 aliphatic carbocycles. The number of aromatic nitrogens is 1. The molecule has 1 aliphatic rings. The van der Waals surface area contributed by atoms with Crippen molar-refractivity contribution in [1.82, 2.24) is 4.57 Å². The van der Waals surface area contributed by atoms with Crippen molar-refractivity contribution in [2.24, 2.45) is 5.73 Å². The first-order valence-corrected chi connectivity index (χ1v) is 7.27. The second-order valence-corrected chi connectivity index (χ2v) is 5.56. The Kier molecular flexibility index (Phi) is 2.64. The van der Waals surface area contributed by atoms with Crippen molar-refractivity contribution in [3.8, 4) is 11.1 Å². The van der Waals surface area contributed by atoms with Crippen LogP contribution in [0.25, 0.3) is 22.0 Å². The topological polar surface area (TPSA) is 30.9 Å². The van der Waals surface area contributed by atoms with Gasteiger partial charge in [-0.1, -0.05) is 36.4 Å². The number of para-hydroxylation sites is 1. The van der Waals surface area contributed by atoms with Gasteiger partial charge < -0.3 is 10.3 Å². The zero-order chi connectivity index (χ0) is 13.5. The standard InChI is InChI=1S/C18H18N2/c19-11-13-4-1-6-15(10-13)17-12-20-9-3-7-14-5-2-8-16(17)18(14)20/h1-2,4-6,8,10,12H,3,7,9,11,19H2. The van der Waals surface area contributed by atoms with Crippen LogP contribution >= 0.6 is 0 Å². The van der Waals surface area contributed by atoms with E-state index in [1.807, 2.05) is 0 Å². The summed E-state index contributed by atoms with van der Waals surface area (Å²) in [6.45, 7) is 1.72. The molecule has 0 atom stereocenters. The largest absolute Gasteiger partial charge is 0.347 e. The predicted molar refractivity (Wildman–Crippen MR) is 83.6 cm³/mol. The van der Waals surface area contributed by atoms with Gasteiger partial charge in [0.25, 0.3) is 0 Å². The summed E-state index contributed by atoms with van der Waals surface area (Å²) in [7, 11) is 0. The zero-order valence-electron chi connectivity index (χ0n) is 11.5. The van der Waals surface area contributed by atoms with Crippen molar-refractivity contribution in [3.05, 3.63) is 59.8 Å². The fourth-order valence-corrected chi connectivity index (χ4v) is 3.35. The molecule has 20 heavy (non-hydrogen) atoms. The molecule has 2 aromatic carbocycles. The number of hydrogen-bond acceptors (Lipinski definition) is 1. The Balaban J connectivity index is 1.99. The molecule has 0 unspecified atom stereocenters. The van der Waals surface area contributed by atoms with Gasteiger partial charge in [0.2, 0.25) is 0 Å². The number of nitrogens with two attached hydrogens (primary N) is 1. The van der Waals surface area contributed by atoms with Crippen LogP contribution in [0.15, 0.2) is 48.7 Å². The molecule has 0 amide bonds. The lowest BCUT2D eigenvalue weighted by atomic mass is 9.99. The van der Waals surface area contributed by atoms with Crippen LogP contribution in [0.1, 0.15) is 17.5 Å². The van der Waals surface area contributed by atoms with E-state index in [4.69, 9.17) is 5.73 Å². The van der Waals surface area contributed by atoms with Crippen LogP contribution in [-0.2, 0) is 19.5 Å². The van der Waals surface area contributed by atoms with Crippen molar-refractivity contribution in [3.63, 3.8) is 0 Å². The lowest BCUT2D eigenvalue weighted by Crippen LogP contribution is -2.05. The van der Waals surface area contributed by atoms with Gasteiger partial charge in [-0.3, -0.25) is 0 Å². The Hall–Kier alpha value is -2.06. The second kappa shape index (κ2) is 4.50. The Morgan fingerprint density at radius 1 is 1.10 bits per heavy atom. The van der Waals surface area contributed by atoms with E-state index in [-0.39, 0.29) is 0 Å². The molecular weight excluding hydrogens is 244 g/mol. The molecule has 0 fully saturated rings. The molecule has 100 valence electrons. The number of hydrogen-bond donors (Lipinski definition) is 1. The molecule has 3 aromatic rings. The maximum absolute atomic E-state index is 5.77. The van der Waals surface area contributed by atoms with E-state index in [0.717, 1.165) is 6.54 Å². The summed E-state index contributed by atoms with van der Waals surface area (Å²) in [5.74, 6) is 0. The summed E-state index contributed by atoms with van der Waals surface area (Å²) in [6.07, 6.45) is 4.75. The van der Waals surface area contributed by atoms with E-state index in [2.05, 4.69) is 53.2 Å². The first kappa shape index (κ1) is 11.7. The van der Waals surface area contributed by atoms with Crippen molar-refractivity contribution in [2.75, 3.05) is 0 Å². The highest BCUT2D eigenvalue weighted by molar-refractivity contribution is 5.98. The molecule has 0 saturated carbocycles. The SMILES string of the molecule is NCc1cccc(-c2cn3c4c(cccc24)CCC3)c1. The molecule has 2 N–H and O–H groups in total. The van der Waals surface area contributed by atoms with Gasteiger partial charge in [0.05, 0.1) is 5.52 Å². The third-order valence-corrected chi connectivity index (χ3v) is 4.30. The Bertz CT molecular complexity index is 783. The van der Waals surface area contributed by atoms with E-state index in [0.29, 0.717) is 6.54 Å². The number of rotatable bonds is 2. The van der Waals surface area contributed by atoms with Gasteiger partial charge in [0.15, 0.2) is 0 Å². The lowest BCUT2D eigenvalue weighted by Gasteiger charge is -2.14. The summed E-state index contributed by atoms with van der Waals surface area (Å²) in [5.41, 5.74) is 12.5. The number of aryl methyl sites for hydroxylation is 2. The molecule has 0 saturated heterocycles. The van der Waals surface area contributed by atoms with Crippen LogP contribution in [0.4, 0.5) is 0 Å². The van der Waals surface area contributed by atoms with Gasteiger partial charge in [0, 0.05) is 30.2 Å². The Morgan fingerprint density at radius 2 is 2.00 bits per heavy atom. The molecule has 0 bridgehead atoms. The van der Waals surface area contributed by atoms with Gasteiger partial charge in [-0.2, -0.15) is 0 Å². The smallest absolute Gasteiger partial charge is 0.0519 e. The minimum atomic E-state index is 0.595. The molecule has 1 aliphatic heterocycles. The molecule has 2 heterocycles. The van der Waals surface area contributed by atoms with Crippen LogP contribution in [0, 0.1) is 0 Å². The second-order valence-electron chi connectivity index (χ2n) is 5.56. The lowest BCUT2D eigenvalue weighted by molar-refractivity contribution is 0.636. The van der Waals surface area contributed by atoms with E-state index in [9.17, 15) is 0 Å². The summed E-state index contributed by atoms with van der Waals surface area (Å²) >= 11 is 0. The van der Waals surface area contributed by atoms with E-state index < -0.39 is 0 Å². The van der Waals surface area contributed by atoms with E-state index in [1.54, 1.807) is 0 Å². The van der Waals surface area contributed by atoms with Crippen LogP contribution in [0.2, 0.25) is 0 Å². The fraction of sp³-hybridized carbons (Fsp3) is 0.222. The summed E-state index contributed by atoms with van der Waals surface area (Å²) < 4.78 is 2.42. The maximum Gasteiger partial charge on any atom is 0.0519 e. The molecular formula is C18H18N2. The minimum Gasteiger partial charge on any atom is -0.347 e. The number of nitrogens with zero attached hydrogens (tertiary/aromatic N) is 1. The normalized spacial score (nSPS) is 13.8. The zero-order valence-corrected chi connectivity index (χ0v) is 11.5. The van der Waals surface area contributed by atoms with E-state index >= 15 is 0 Å². The first-order valence-electron chi connectivity index (χ1n) is 7.27. The van der Waals surface area contributed by atoms with Gasteiger partial charge in [0.1, 0.15) is 0 Å². The van der Waals surface area contributed by atoms with Gasteiger partial charge in [-0.05, 0) is 35.6 Å². The Morgan fingerprint density at radius 3 is 2.90 bits per heavy atom. The minimum absolute atomic E-state index is 0.595. The third kappa shape index (κ3) is 1.69. The third-order valence-electron chi connectivity index (χ3n) is 4.30. The molecule has 2 nitrogen and oxygen atoms in total. The summed E-state index contributed by atoms with van der Waals surface area (Å²) in [5, 5.41) is 1.37. The van der Waals surface area contributed by atoms with Crippen LogP contribution in [-0.4, -0.2) is 4.57 Å². The van der Waals surface area contributed by atoms with Crippen molar-refractivity contribution in [1.29, 1.82) is 0 Å². The Labute approximate surface area is 118 Å². The average molecular weight is 262 g/mol. The van der Waals surface area contributed by atoms with Gasteiger partial charge in [-0.25, -0.2) is 0 Å². The highest BCUT2D eigenvalue weighted by Crippen LogP contribution is 2.35. The molecule has 0 spiro atoms. The average Bonchev–Trinajstić information content (AvgIpc) is 2.89. The summed E-state index contributed by atoms with van der Waals surface area (Å²) in [6, 6.07) is 15.3. The first-order chi connectivity index (χ1) is 9.86. The highest BCUT2D eigenvalue weighted by atomic mass is 15.0. The fourth-order valence-electron chi connectivity index (χ4n) is 3.35. The molecule has 2 heteroatoms. The molecule has 0 radical (unpaired) electrons. The van der Waals surface area contributed by atoms with Crippen molar-refractivity contribution in [2.45, 2.75) is 25.9 Å².